The van der Waals surface area contributed by atoms with Gasteiger partial charge in [-0.05, 0) is 24.3 Å². The van der Waals surface area contributed by atoms with E-state index in [-0.39, 0.29) is 0 Å². The SMILES string of the molecule is O[C@@](C#CCN1CCOCC1)(c1ccc(Cl)cc1)c1cccc(Cl)c1. The molecule has 0 amide bonds. The van der Waals surface area contributed by atoms with E-state index >= 15 is 0 Å². The van der Waals surface area contributed by atoms with Gasteiger partial charge in [0, 0.05) is 34.3 Å². The van der Waals surface area contributed by atoms with Crippen molar-refractivity contribution in [1.82, 2.24) is 4.90 Å². The molecule has 3 rings (SSSR count). The standard InChI is InChI=1S/C20H19Cl2NO2/c21-18-7-5-16(6-8-18)20(24,17-3-1-4-19(22)15-17)9-2-10-23-11-13-25-14-12-23/h1,3-8,15,24H,10-14H2/t20-/m0/s1. The van der Waals surface area contributed by atoms with Crippen molar-refractivity contribution in [3.8, 4) is 11.8 Å². The second kappa shape index (κ2) is 8.23. The third-order valence-electron chi connectivity index (χ3n) is 4.18. The molecule has 0 saturated carbocycles. The summed E-state index contributed by atoms with van der Waals surface area (Å²) >= 11 is 12.1. The van der Waals surface area contributed by atoms with Gasteiger partial charge in [-0.15, -0.1) is 0 Å². The molecule has 2 aromatic carbocycles. The smallest absolute Gasteiger partial charge is 0.176 e. The van der Waals surface area contributed by atoms with E-state index in [1.54, 1.807) is 36.4 Å². The van der Waals surface area contributed by atoms with E-state index in [1.165, 1.54) is 0 Å². The van der Waals surface area contributed by atoms with E-state index in [0.717, 1.165) is 26.3 Å². The zero-order chi connectivity index (χ0) is 17.7. The number of hydrogen-bond acceptors (Lipinski definition) is 3. The number of ether oxygens (including phenoxy) is 1. The van der Waals surface area contributed by atoms with E-state index in [4.69, 9.17) is 27.9 Å². The molecule has 25 heavy (non-hydrogen) atoms. The van der Waals surface area contributed by atoms with E-state index < -0.39 is 5.60 Å². The Labute approximate surface area is 158 Å². The second-order valence-electron chi connectivity index (χ2n) is 5.92. The normalized spacial score (nSPS) is 17.4. The first kappa shape index (κ1) is 18.3. The molecule has 3 nitrogen and oxygen atoms in total. The minimum atomic E-state index is -1.44. The number of aliphatic hydroxyl groups is 1. The summed E-state index contributed by atoms with van der Waals surface area (Å²) in [6.45, 7) is 3.73. The summed E-state index contributed by atoms with van der Waals surface area (Å²) in [6, 6.07) is 14.2. The molecule has 1 aliphatic rings. The number of hydrogen-bond donors (Lipinski definition) is 1. The van der Waals surface area contributed by atoms with Crippen molar-refractivity contribution in [3.05, 3.63) is 69.7 Å². The van der Waals surface area contributed by atoms with Gasteiger partial charge >= 0.3 is 0 Å². The van der Waals surface area contributed by atoms with E-state index in [2.05, 4.69) is 16.7 Å². The van der Waals surface area contributed by atoms with Crippen LogP contribution in [-0.2, 0) is 10.3 Å². The molecule has 0 aromatic heterocycles. The first-order valence-electron chi connectivity index (χ1n) is 8.12. The minimum absolute atomic E-state index is 0.555. The highest BCUT2D eigenvalue weighted by atomic mass is 35.5. The van der Waals surface area contributed by atoms with Gasteiger partial charge in [-0.1, -0.05) is 59.3 Å². The number of morpholine rings is 1. The fourth-order valence-corrected chi connectivity index (χ4v) is 3.07. The van der Waals surface area contributed by atoms with Gasteiger partial charge in [-0.2, -0.15) is 0 Å². The van der Waals surface area contributed by atoms with Crippen LogP contribution in [0.15, 0.2) is 48.5 Å². The van der Waals surface area contributed by atoms with Crippen LogP contribution in [0.4, 0.5) is 0 Å². The number of halogens is 2. The Morgan fingerprint density at radius 2 is 1.72 bits per heavy atom. The molecule has 0 unspecified atom stereocenters. The Kier molecular flexibility index (Phi) is 6.01. The third kappa shape index (κ3) is 4.55. The Morgan fingerprint density at radius 3 is 2.40 bits per heavy atom. The van der Waals surface area contributed by atoms with Gasteiger partial charge in [0.05, 0.1) is 19.8 Å². The van der Waals surface area contributed by atoms with E-state index in [0.29, 0.717) is 27.7 Å². The summed E-state index contributed by atoms with van der Waals surface area (Å²) in [6.07, 6.45) is 0. The van der Waals surface area contributed by atoms with Gasteiger partial charge in [0.25, 0.3) is 0 Å². The van der Waals surface area contributed by atoms with Crippen LogP contribution in [0, 0.1) is 11.8 Å². The molecule has 1 atom stereocenters. The molecule has 0 radical (unpaired) electrons. The molecule has 1 saturated heterocycles. The van der Waals surface area contributed by atoms with Gasteiger partial charge in [0.15, 0.2) is 5.60 Å². The lowest BCUT2D eigenvalue weighted by Crippen LogP contribution is -2.36. The second-order valence-corrected chi connectivity index (χ2v) is 6.79. The Bertz CT molecular complexity index is 776. The predicted octanol–water partition coefficient (Wildman–Crippen LogP) is 3.56. The van der Waals surface area contributed by atoms with Crippen molar-refractivity contribution >= 4 is 23.2 Å². The van der Waals surface area contributed by atoms with Crippen LogP contribution < -0.4 is 0 Å². The van der Waals surface area contributed by atoms with Crippen molar-refractivity contribution in [1.29, 1.82) is 0 Å². The van der Waals surface area contributed by atoms with Crippen LogP contribution in [0.5, 0.6) is 0 Å². The molecule has 1 aliphatic heterocycles. The number of benzene rings is 2. The topological polar surface area (TPSA) is 32.7 Å². The van der Waals surface area contributed by atoms with Crippen LogP contribution in [0.1, 0.15) is 11.1 Å². The van der Waals surface area contributed by atoms with E-state index in [9.17, 15) is 5.11 Å². The Morgan fingerprint density at radius 1 is 1.00 bits per heavy atom. The lowest BCUT2D eigenvalue weighted by molar-refractivity contribution is 0.0442. The average molecular weight is 376 g/mol. The van der Waals surface area contributed by atoms with Gasteiger partial charge in [0.2, 0.25) is 0 Å². The quantitative estimate of drug-likeness (QED) is 0.832. The van der Waals surface area contributed by atoms with Crippen LogP contribution >= 0.6 is 23.2 Å². The first-order valence-corrected chi connectivity index (χ1v) is 8.88. The number of nitrogens with zero attached hydrogens (tertiary/aromatic N) is 1. The lowest BCUT2D eigenvalue weighted by Gasteiger charge is -2.26. The molecule has 1 fully saturated rings. The van der Waals surface area contributed by atoms with Crippen molar-refractivity contribution in [2.45, 2.75) is 5.60 Å². The highest BCUT2D eigenvalue weighted by Gasteiger charge is 2.29. The third-order valence-corrected chi connectivity index (χ3v) is 4.67. The maximum absolute atomic E-state index is 11.4. The molecule has 0 aliphatic carbocycles. The fraction of sp³-hybridized carbons (Fsp3) is 0.300. The zero-order valence-corrected chi connectivity index (χ0v) is 15.2. The number of rotatable bonds is 3. The highest BCUT2D eigenvalue weighted by molar-refractivity contribution is 6.30. The van der Waals surface area contributed by atoms with E-state index in [1.807, 2.05) is 12.1 Å². The molecule has 1 N–H and O–H groups in total. The predicted molar refractivity (Wildman–Crippen MR) is 101 cm³/mol. The van der Waals surface area contributed by atoms with Crippen LogP contribution in [0.25, 0.3) is 0 Å². The maximum atomic E-state index is 11.4. The molecule has 1 heterocycles. The molecule has 130 valence electrons. The zero-order valence-electron chi connectivity index (χ0n) is 13.7. The van der Waals surface area contributed by atoms with Crippen LogP contribution in [0.2, 0.25) is 10.0 Å². The summed E-state index contributed by atoms with van der Waals surface area (Å²) in [4.78, 5) is 2.21. The fourth-order valence-electron chi connectivity index (χ4n) is 2.75. The van der Waals surface area contributed by atoms with Crippen LogP contribution in [-0.4, -0.2) is 42.9 Å². The van der Waals surface area contributed by atoms with Gasteiger partial charge in [0.1, 0.15) is 0 Å². The van der Waals surface area contributed by atoms with Gasteiger partial charge in [-0.3, -0.25) is 4.90 Å². The summed E-state index contributed by atoms with van der Waals surface area (Å²) < 4.78 is 5.34. The summed E-state index contributed by atoms with van der Waals surface area (Å²) in [5, 5.41) is 12.5. The summed E-state index contributed by atoms with van der Waals surface area (Å²) in [5.74, 6) is 6.17. The molecule has 0 bridgehead atoms. The van der Waals surface area contributed by atoms with Crippen molar-refractivity contribution in [3.63, 3.8) is 0 Å². The van der Waals surface area contributed by atoms with Crippen molar-refractivity contribution < 1.29 is 9.84 Å². The first-order chi connectivity index (χ1) is 12.1. The molecular formula is C20H19Cl2NO2. The highest BCUT2D eigenvalue weighted by Crippen LogP contribution is 2.31. The molecule has 5 heteroatoms. The summed E-state index contributed by atoms with van der Waals surface area (Å²) in [7, 11) is 0. The van der Waals surface area contributed by atoms with Gasteiger partial charge in [-0.25, -0.2) is 0 Å². The Hall–Kier alpha value is -1.54. The molecule has 2 aromatic rings. The Balaban J connectivity index is 1.93. The monoisotopic (exact) mass is 375 g/mol. The largest absolute Gasteiger partial charge is 0.379 e. The minimum Gasteiger partial charge on any atom is -0.379 e. The van der Waals surface area contributed by atoms with Gasteiger partial charge < -0.3 is 9.84 Å². The maximum Gasteiger partial charge on any atom is 0.176 e. The molecular weight excluding hydrogens is 357 g/mol. The average Bonchev–Trinajstić information content (AvgIpc) is 2.63. The van der Waals surface area contributed by atoms with Crippen molar-refractivity contribution in [2.24, 2.45) is 0 Å². The molecule has 0 spiro atoms. The lowest BCUT2D eigenvalue weighted by atomic mass is 9.87. The summed E-state index contributed by atoms with van der Waals surface area (Å²) in [5.41, 5.74) is -0.146. The van der Waals surface area contributed by atoms with Crippen molar-refractivity contribution in [2.75, 3.05) is 32.8 Å². The van der Waals surface area contributed by atoms with Crippen LogP contribution in [0.3, 0.4) is 0 Å².